The Kier molecular flexibility index (Phi) is 7.37. The number of nitrogens with zero attached hydrogens (tertiary/aromatic N) is 1. The average molecular weight is 492 g/mol. The SMILES string of the molecule is O=C(CS(=O)(=O)Cc1cc(OC(=O)c2ccccc2)no1)OC(c1ccccc1)c1ccccc1. The third-order valence-electron chi connectivity index (χ3n) is 4.90. The summed E-state index contributed by atoms with van der Waals surface area (Å²) in [6, 6.07) is 27.5. The molecule has 0 radical (unpaired) electrons. The molecular weight excluding hydrogens is 470 g/mol. The van der Waals surface area contributed by atoms with E-state index in [9.17, 15) is 18.0 Å². The Morgan fingerprint density at radius 1 is 0.829 bits per heavy atom. The Labute approximate surface area is 202 Å². The van der Waals surface area contributed by atoms with Crippen molar-refractivity contribution in [2.45, 2.75) is 11.9 Å². The normalized spacial score (nSPS) is 11.2. The van der Waals surface area contributed by atoms with Crippen molar-refractivity contribution in [1.82, 2.24) is 5.16 Å². The third kappa shape index (κ3) is 6.64. The number of hydrogen-bond donors (Lipinski definition) is 0. The topological polar surface area (TPSA) is 113 Å². The van der Waals surface area contributed by atoms with Crippen molar-refractivity contribution in [3.8, 4) is 5.88 Å². The van der Waals surface area contributed by atoms with Crippen molar-refractivity contribution < 1.29 is 32.0 Å². The molecule has 0 fully saturated rings. The molecule has 0 unspecified atom stereocenters. The maximum Gasteiger partial charge on any atom is 0.344 e. The van der Waals surface area contributed by atoms with E-state index >= 15 is 0 Å². The highest BCUT2D eigenvalue weighted by Gasteiger charge is 2.25. The highest BCUT2D eigenvalue weighted by molar-refractivity contribution is 7.91. The Balaban J connectivity index is 1.40. The minimum Gasteiger partial charge on any atom is -0.452 e. The second-order valence-electron chi connectivity index (χ2n) is 7.61. The van der Waals surface area contributed by atoms with Crippen molar-refractivity contribution in [3.63, 3.8) is 0 Å². The predicted octanol–water partition coefficient (Wildman–Crippen LogP) is 4.14. The van der Waals surface area contributed by atoms with Gasteiger partial charge in [-0.15, -0.1) is 0 Å². The number of hydrogen-bond acceptors (Lipinski definition) is 8. The van der Waals surface area contributed by atoms with Gasteiger partial charge in [0, 0.05) is 6.07 Å². The molecule has 0 bridgehead atoms. The second-order valence-corrected chi connectivity index (χ2v) is 9.68. The van der Waals surface area contributed by atoms with E-state index in [1.807, 2.05) is 36.4 Å². The van der Waals surface area contributed by atoms with Crippen LogP contribution in [0.4, 0.5) is 0 Å². The molecule has 0 aliphatic rings. The zero-order chi connectivity index (χ0) is 24.7. The molecule has 4 rings (SSSR count). The lowest BCUT2D eigenvalue weighted by Crippen LogP contribution is -2.22. The van der Waals surface area contributed by atoms with Gasteiger partial charge >= 0.3 is 11.9 Å². The monoisotopic (exact) mass is 491 g/mol. The molecule has 0 saturated heterocycles. The Morgan fingerprint density at radius 3 is 1.94 bits per heavy atom. The smallest absolute Gasteiger partial charge is 0.344 e. The van der Waals surface area contributed by atoms with Crippen molar-refractivity contribution in [3.05, 3.63) is 120 Å². The summed E-state index contributed by atoms with van der Waals surface area (Å²) in [5.74, 6) is -3.29. The molecule has 1 heterocycles. The molecule has 0 aliphatic heterocycles. The minimum atomic E-state index is -3.96. The van der Waals surface area contributed by atoms with Gasteiger partial charge in [-0.2, -0.15) is 0 Å². The molecule has 3 aromatic carbocycles. The Bertz CT molecular complexity index is 1350. The molecular formula is C26H21NO7S. The zero-order valence-corrected chi connectivity index (χ0v) is 19.3. The highest BCUT2D eigenvalue weighted by atomic mass is 32.2. The molecule has 0 saturated carbocycles. The van der Waals surface area contributed by atoms with Crippen LogP contribution < -0.4 is 4.74 Å². The molecule has 4 aromatic rings. The molecule has 8 nitrogen and oxygen atoms in total. The summed E-state index contributed by atoms with van der Waals surface area (Å²) in [7, 11) is -3.96. The van der Waals surface area contributed by atoms with E-state index in [0.29, 0.717) is 16.7 Å². The second kappa shape index (κ2) is 10.8. The van der Waals surface area contributed by atoms with E-state index in [4.69, 9.17) is 14.0 Å². The van der Waals surface area contributed by atoms with Crippen LogP contribution in [0.15, 0.2) is 102 Å². The molecule has 0 aliphatic carbocycles. The van der Waals surface area contributed by atoms with Crippen LogP contribution in [0.25, 0.3) is 0 Å². The van der Waals surface area contributed by atoms with E-state index < -0.39 is 39.4 Å². The largest absolute Gasteiger partial charge is 0.452 e. The van der Waals surface area contributed by atoms with E-state index in [1.165, 1.54) is 6.07 Å². The van der Waals surface area contributed by atoms with Crippen LogP contribution in [-0.4, -0.2) is 31.3 Å². The van der Waals surface area contributed by atoms with Gasteiger partial charge in [-0.1, -0.05) is 78.9 Å². The van der Waals surface area contributed by atoms with Crippen molar-refractivity contribution in [2.24, 2.45) is 0 Å². The number of aromatic nitrogens is 1. The standard InChI is InChI=1S/C26H21NO7S/c28-24(33-25(19-10-4-1-5-11-19)20-12-6-2-7-13-20)18-35(30,31)17-22-16-23(27-34-22)32-26(29)21-14-8-3-9-15-21/h1-16,25H,17-18H2. The van der Waals surface area contributed by atoms with E-state index in [-0.39, 0.29) is 11.6 Å². The fraction of sp³-hybridized carbons (Fsp3) is 0.115. The summed E-state index contributed by atoms with van der Waals surface area (Å²) in [5, 5.41) is 3.57. The zero-order valence-electron chi connectivity index (χ0n) is 18.4. The molecule has 0 spiro atoms. The molecule has 9 heteroatoms. The lowest BCUT2D eigenvalue weighted by atomic mass is 10.0. The van der Waals surface area contributed by atoms with E-state index in [2.05, 4.69) is 5.16 Å². The Morgan fingerprint density at radius 2 is 1.37 bits per heavy atom. The number of rotatable bonds is 9. The van der Waals surface area contributed by atoms with Crippen LogP contribution in [0, 0.1) is 0 Å². The molecule has 1 aromatic heterocycles. The predicted molar refractivity (Wildman–Crippen MR) is 126 cm³/mol. The molecule has 35 heavy (non-hydrogen) atoms. The molecule has 0 amide bonds. The summed E-state index contributed by atoms with van der Waals surface area (Å²) in [6.45, 7) is 0. The van der Waals surface area contributed by atoms with E-state index in [0.717, 1.165) is 0 Å². The summed E-state index contributed by atoms with van der Waals surface area (Å²) >= 11 is 0. The Hall–Kier alpha value is -4.24. The molecule has 0 atom stereocenters. The number of carbonyl (C=O) groups is 2. The van der Waals surface area contributed by atoms with Crippen LogP contribution >= 0.6 is 0 Å². The minimum absolute atomic E-state index is 0.0728. The van der Waals surface area contributed by atoms with Gasteiger partial charge in [0.2, 0.25) is 0 Å². The van der Waals surface area contributed by atoms with Gasteiger partial charge in [0.15, 0.2) is 21.7 Å². The maximum atomic E-state index is 12.6. The van der Waals surface area contributed by atoms with Gasteiger partial charge in [-0.25, -0.2) is 13.2 Å². The van der Waals surface area contributed by atoms with Gasteiger partial charge in [-0.3, -0.25) is 4.79 Å². The molecule has 178 valence electrons. The average Bonchev–Trinajstić information content (AvgIpc) is 3.29. The van der Waals surface area contributed by atoms with Crippen LogP contribution in [0.2, 0.25) is 0 Å². The fourth-order valence-electron chi connectivity index (χ4n) is 3.34. The maximum absolute atomic E-state index is 12.6. The van der Waals surface area contributed by atoms with Crippen molar-refractivity contribution in [2.75, 3.05) is 5.75 Å². The summed E-state index contributed by atoms with van der Waals surface area (Å²) in [4.78, 5) is 24.7. The number of esters is 2. The van der Waals surface area contributed by atoms with Crippen molar-refractivity contribution >= 4 is 21.8 Å². The van der Waals surface area contributed by atoms with Crippen LogP contribution in [0.5, 0.6) is 5.88 Å². The summed E-state index contributed by atoms with van der Waals surface area (Å²) in [5.41, 5.74) is 1.73. The first-order chi connectivity index (χ1) is 16.9. The third-order valence-corrected chi connectivity index (χ3v) is 6.30. The number of sulfone groups is 1. The first-order valence-corrected chi connectivity index (χ1v) is 12.4. The summed E-state index contributed by atoms with van der Waals surface area (Å²) in [6.07, 6.45) is -0.755. The number of carbonyl (C=O) groups excluding carboxylic acids is 2. The number of benzene rings is 3. The number of ether oxygens (including phenoxy) is 2. The van der Waals surface area contributed by atoms with Crippen LogP contribution in [0.3, 0.4) is 0 Å². The summed E-state index contributed by atoms with van der Waals surface area (Å²) < 4.78 is 40.9. The van der Waals surface area contributed by atoms with Gasteiger partial charge < -0.3 is 14.0 Å². The fourth-order valence-corrected chi connectivity index (χ4v) is 4.43. The van der Waals surface area contributed by atoms with Crippen molar-refractivity contribution in [1.29, 1.82) is 0 Å². The lowest BCUT2D eigenvalue weighted by Gasteiger charge is -2.19. The van der Waals surface area contributed by atoms with Gasteiger partial charge in [0.25, 0.3) is 5.88 Å². The van der Waals surface area contributed by atoms with E-state index in [1.54, 1.807) is 54.6 Å². The highest BCUT2D eigenvalue weighted by Crippen LogP contribution is 2.26. The van der Waals surface area contributed by atoms with Crippen LogP contribution in [-0.2, 0) is 25.1 Å². The quantitative estimate of drug-likeness (QED) is 0.321. The van der Waals surface area contributed by atoms with Crippen LogP contribution in [0.1, 0.15) is 33.3 Å². The van der Waals surface area contributed by atoms with Gasteiger partial charge in [-0.05, 0) is 28.4 Å². The van der Waals surface area contributed by atoms with Gasteiger partial charge in [0.1, 0.15) is 11.5 Å². The first kappa shape index (κ1) is 23.9. The first-order valence-electron chi connectivity index (χ1n) is 10.6. The van der Waals surface area contributed by atoms with Gasteiger partial charge in [0.05, 0.1) is 5.56 Å². The molecule has 0 N–H and O–H groups in total. The lowest BCUT2D eigenvalue weighted by molar-refractivity contribution is -0.144.